The van der Waals surface area contributed by atoms with Crippen LogP contribution in [0.3, 0.4) is 0 Å². The van der Waals surface area contributed by atoms with Crippen molar-refractivity contribution in [3.05, 3.63) is 59.7 Å². The SMILES string of the molecule is CC[C@H](C)COc1ccc(C(N)C(C(=O)C(C(N)c2ccc(OC[C@@H](C)CC)cc2)N2CCN(C)CC2)N2CCN(C)CC2)cc1. The molecule has 0 radical (unpaired) electrons. The number of nitrogens with zero attached hydrogens (tertiary/aromatic N) is 4. The quantitative estimate of drug-likeness (QED) is 0.283. The molecule has 2 aliphatic heterocycles. The van der Waals surface area contributed by atoms with Crippen molar-refractivity contribution in [3.63, 3.8) is 0 Å². The summed E-state index contributed by atoms with van der Waals surface area (Å²) < 4.78 is 12.0. The molecule has 46 heavy (non-hydrogen) atoms. The number of likely N-dealkylation sites (N-methyl/N-ethyl adjacent to an activating group) is 2. The van der Waals surface area contributed by atoms with Crippen molar-refractivity contribution < 1.29 is 14.3 Å². The number of hydrogen-bond donors (Lipinski definition) is 2. The van der Waals surface area contributed by atoms with E-state index < -0.39 is 24.2 Å². The topological polar surface area (TPSA) is 101 Å². The minimum absolute atomic E-state index is 0.100. The maximum atomic E-state index is 15.1. The van der Waals surface area contributed by atoms with E-state index in [0.717, 1.165) is 87.8 Å². The second-order valence-corrected chi connectivity index (χ2v) is 13.8. The van der Waals surface area contributed by atoms with E-state index in [0.29, 0.717) is 25.0 Å². The van der Waals surface area contributed by atoms with Gasteiger partial charge in [-0.25, -0.2) is 0 Å². The monoisotopic (exact) mass is 636 g/mol. The normalized spacial score (nSPS) is 21.2. The third-order valence-corrected chi connectivity index (χ3v) is 10.1. The maximum Gasteiger partial charge on any atom is 0.170 e. The Balaban J connectivity index is 1.62. The summed E-state index contributed by atoms with van der Waals surface area (Å²) in [5.74, 6) is 2.74. The van der Waals surface area contributed by atoms with Gasteiger partial charge in [-0.15, -0.1) is 0 Å². The summed E-state index contributed by atoms with van der Waals surface area (Å²) in [4.78, 5) is 24.3. The fourth-order valence-electron chi connectivity index (χ4n) is 6.19. The van der Waals surface area contributed by atoms with Crippen LogP contribution in [0.1, 0.15) is 63.7 Å². The van der Waals surface area contributed by atoms with Gasteiger partial charge in [0.05, 0.1) is 37.4 Å². The molecule has 0 saturated carbocycles. The van der Waals surface area contributed by atoms with E-state index in [1.54, 1.807) is 0 Å². The number of carbonyl (C=O) groups is 1. The van der Waals surface area contributed by atoms with Gasteiger partial charge in [-0.3, -0.25) is 14.6 Å². The number of nitrogens with two attached hydrogens (primary N) is 2. The summed E-state index contributed by atoms with van der Waals surface area (Å²) in [6, 6.07) is 14.0. The lowest BCUT2D eigenvalue weighted by atomic mass is 9.86. The Labute approximate surface area is 278 Å². The number of Topliss-reactive ketones (excluding diaryl/α,β-unsaturated/α-hetero) is 1. The number of piperazine rings is 2. The number of hydrogen-bond acceptors (Lipinski definition) is 9. The zero-order valence-electron chi connectivity index (χ0n) is 29.2. The molecule has 2 aromatic carbocycles. The molecule has 0 amide bonds. The Morgan fingerprint density at radius 1 is 0.630 bits per heavy atom. The lowest BCUT2D eigenvalue weighted by molar-refractivity contribution is -0.133. The maximum absolute atomic E-state index is 15.1. The molecule has 0 spiro atoms. The van der Waals surface area contributed by atoms with Gasteiger partial charge in [-0.2, -0.15) is 0 Å². The number of ketones is 1. The van der Waals surface area contributed by atoms with Gasteiger partial charge < -0.3 is 30.7 Å². The van der Waals surface area contributed by atoms with Crippen LogP contribution in [0.15, 0.2) is 48.5 Å². The molecule has 2 aromatic rings. The summed E-state index contributed by atoms with van der Waals surface area (Å²) in [7, 11) is 4.26. The number of rotatable bonds is 16. The molecule has 9 heteroatoms. The molecule has 2 fully saturated rings. The van der Waals surface area contributed by atoms with Crippen LogP contribution in [0.5, 0.6) is 11.5 Å². The van der Waals surface area contributed by atoms with Crippen molar-refractivity contribution in [3.8, 4) is 11.5 Å². The van der Waals surface area contributed by atoms with Gasteiger partial charge in [0.15, 0.2) is 5.78 Å². The van der Waals surface area contributed by atoms with E-state index in [9.17, 15) is 0 Å². The fraction of sp³-hybridized carbons (Fsp3) is 0.649. The highest BCUT2D eigenvalue weighted by Crippen LogP contribution is 2.30. The van der Waals surface area contributed by atoms with Crippen LogP contribution in [-0.2, 0) is 4.79 Å². The van der Waals surface area contributed by atoms with Gasteiger partial charge in [0.2, 0.25) is 0 Å². The van der Waals surface area contributed by atoms with Crippen LogP contribution in [0.25, 0.3) is 0 Å². The number of ether oxygens (including phenoxy) is 2. The van der Waals surface area contributed by atoms with Crippen LogP contribution < -0.4 is 20.9 Å². The van der Waals surface area contributed by atoms with E-state index in [-0.39, 0.29) is 5.78 Å². The Morgan fingerprint density at radius 2 is 0.957 bits per heavy atom. The first kappa shape index (κ1) is 36.3. The second-order valence-electron chi connectivity index (χ2n) is 13.8. The molecular formula is C37H60N6O3. The minimum Gasteiger partial charge on any atom is -0.493 e. The zero-order chi connectivity index (χ0) is 33.2. The third kappa shape index (κ3) is 9.75. The smallest absolute Gasteiger partial charge is 0.170 e. The Morgan fingerprint density at radius 3 is 1.26 bits per heavy atom. The lowest BCUT2D eigenvalue weighted by Gasteiger charge is -2.45. The van der Waals surface area contributed by atoms with Crippen LogP contribution in [0, 0.1) is 11.8 Å². The first-order chi connectivity index (χ1) is 22.1. The van der Waals surface area contributed by atoms with Gasteiger partial charge in [0.25, 0.3) is 0 Å². The largest absolute Gasteiger partial charge is 0.493 e. The van der Waals surface area contributed by atoms with Crippen molar-refractivity contribution in [1.82, 2.24) is 19.6 Å². The molecule has 4 N–H and O–H groups in total. The van der Waals surface area contributed by atoms with Gasteiger partial charge in [-0.05, 0) is 61.3 Å². The molecule has 0 aromatic heterocycles. The predicted octanol–water partition coefficient (Wildman–Crippen LogP) is 4.04. The molecule has 0 bridgehead atoms. The van der Waals surface area contributed by atoms with Crippen molar-refractivity contribution in [2.75, 3.05) is 79.7 Å². The minimum atomic E-state index is -0.505. The van der Waals surface area contributed by atoms with Gasteiger partial charge in [0, 0.05) is 52.4 Å². The molecule has 2 saturated heterocycles. The predicted molar refractivity (Wildman–Crippen MR) is 187 cm³/mol. The van der Waals surface area contributed by atoms with E-state index in [1.807, 2.05) is 48.5 Å². The average Bonchev–Trinajstić information content (AvgIpc) is 3.08. The second kappa shape index (κ2) is 17.6. The Kier molecular flexibility index (Phi) is 13.9. The van der Waals surface area contributed by atoms with E-state index in [4.69, 9.17) is 20.9 Å². The number of carbonyl (C=O) groups excluding carboxylic acids is 1. The number of benzene rings is 2. The molecular weight excluding hydrogens is 576 g/mol. The highest BCUT2D eigenvalue weighted by atomic mass is 16.5. The van der Waals surface area contributed by atoms with E-state index >= 15 is 4.79 Å². The molecule has 256 valence electrons. The van der Waals surface area contributed by atoms with E-state index in [1.165, 1.54) is 0 Å². The first-order valence-electron chi connectivity index (χ1n) is 17.5. The molecule has 6 atom stereocenters. The first-order valence-corrected chi connectivity index (χ1v) is 17.5. The average molecular weight is 637 g/mol. The lowest BCUT2D eigenvalue weighted by Crippen LogP contribution is -2.62. The highest BCUT2D eigenvalue weighted by molar-refractivity contribution is 5.91. The molecule has 0 aliphatic carbocycles. The van der Waals surface area contributed by atoms with Crippen molar-refractivity contribution in [2.45, 2.75) is 64.7 Å². The van der Waals surface area contributed by atoms with Gasteiger partial charge in [0.1, 0.15) is 11.5 Å². The van der Waals surface area contributed by atoms with Crippen LogP contribution in [0.2, 0.25) is 0 Å². The molecule has 2 heterocycles. The van der Waals surface area contributed by atoms with Crippen molar-refractivity contribution in [2.24, 2.45) is 23.3 Å². The Hall–Kier alpha value is -2.53. The van der Waals surface area contributed by atoms with Crippen molar-refractivity contribution in [1.29, 1.82) is 0 Å². The van der Waals surface area contributed by atoms with Crippen molar-refractivity contribution >= 4 is 5.78 Å². The summed E-state index contributed by atoms with van der Waals surface area (Å²) in [6.45, 7) is 16.8. The molecule has 4 unspecified atom stereocenters. The van der Waals surface area contributed by atoms with Gasteiger partial charge >= 0.3 is 0 Å². The highest BCUT2D eigenvalue weighted by Gasteiger charge is 2.43. The molecule has 9 nitrogen and oxygen atoms in total. The summed E-state index contributed by atoms with van der Waals surface area (Å²) >= 11 is 0. The van der Waals surface area contributed by atoms with E-state index in [2.05, 4.69) is 61.4 Å². The van der Waals surface area contributed by atoms with Crippen LogP contribution >= 0.6 is 0 Å². The zero-order valence-corrected chi connectivity index (χ0v) is 29.2. The van der Waals surface area contributed by atoms with Gasteiger partial charge in [-0.1, -0.05) is 64.8 Å². The van der Waals surface area contributed by atoms with Crippen LogP contribution in [-0.4, -0.2) is 117 Å². The summed E-state index contributed by atoms with van der Waals surface area (Å²) in [5, 5.41) is 0. The molecule has 4 rings (SSSR count). The molecule has 2 aliphatic rings. The summed E-state index contributed by atoms with van der Waals surface area (Å²) in [5.41, 5.74) is 16.1. The third-order valence-electron chi connectivity index (χ3n) is 10.1. The summed E-state index contributed by atoms with van der Waals surface area (Å²) in [6.07, 6.45) is 2.15. The van der Waals surface area contributed by atoms with Crippen LogP contribution in [0.4, 0.5) is 0 Å². The standard InChI is InChI=1S/C37H60N6O3/c1-7-27(3)25-45-31-13-9-29(10-14-31)33(38)35(42-21-17-40(5)18-22-42)37(44)36(43-23-19-41(6)20-24-43)34(39)30-11-15-32(16-12-30)46-26-28(4)8-2/h9-16,27-28,33-36H,7-8,17-26,38-39H2,1-6H3/t27-,28-,33?,34?,35?,36?/m0/s1. The fourth-order valence-corrected chi connectivity index (χ4v) is 6.19. The Bertz CT molecular complexity index is 1090.